The normalized spacial score (nSPS) is 10.3. The van der Waals surface area contributed by atoms with Gasteiger partial charge < -0.3 is 14.6 Å². The Morgan fingerprint density at radius 3 is 1.85 bits per heavy atom. The molecule has 0 aliphatic rings. The van der Waals surface area contributed by atoms with Crippen LogP contribution in [0.2, 0.25) is 0 Å². The predicted molar refractivity (Wildman–Crippen MR) is 78.9 cm³/mol. The molecule has 0 amide bonds. The zero-order chi connectivity index (χ0) is 15.0. The Hall–Kier alpha value is -1.71. The van der Waals surface area contributed by atoms with Crippen LogP contribution in [0.3, 0.4) is 0 Å². The number of carboxylic acids is 1. The van der Waals surface area contributed by atoms with Gasteiger partial charge in [-0.05, 0) is 31.9 Å². The Kier molecular flexibility index (Phi) is 6.91. The second kappa shape index (κ2) is 8.46. The van der Waals surface area contributed by atoms with Gasteiger partial charge in [-0.25, -0.2) is 4.79 Å². The van der Waals surface area contributed by atoms with Gasteiger partial charge in [-0.3, -0.25) is 0 Å². The molecule has 112 valence electrons. The van der Waals surface area contributed by atoms with Gasteiger partial charge in [-0.1, -0.05) is 26.7 Å². The van der Waals surface area contributed by atoms with Gasteiger partial charge in [-0.15, -0.1) is 0 Å². The summed E-state index contributed by atoms with van der Waals surface area (Å²) in [6.45, 7) is 7.25. The second-order valence-electron chi connectivity index (χ2n) is 4.81. The van der Waals surface area contributed by atoms with Crippen molar-refractivity contribution >= 4 is 5.97 Å². The van der Waals surface area contributed by atoms with Crippen LogP contribution in [0.4, 0.5) is 0 Å². The molecule has 0 aromatic heterocycles. The molecule has 0 spiro atoms. The second-order valence-corrected chi connectivity index (χ2v) is 4.81. The minimum atomic E-state index is -0.967. The number of hydrogen-bond donors (Lipinski definition) is 1. The van der Waals surface area contributed by atoms with Crippen molar-refractivity contribution in [2.75, 3.05) is 13.2 Å². The summed E-state index contributed by atoms with van der Waals surface area (Å²) >= 11 is 0. The van der Waals surface area contributed by atoms with E-state index in [1.54, 1.807) is 12.1 Å². The van der Waals surface area contributed by atoms with Crippen LogP contribution < -0.4 is 9.47 Å². The van der Waals surface area contributed by atoms with Gasteiger partial charge >= 0.3 is 5.97 Å². The average Bonchev–Trinajstić information content (AvgIpc) is 2.42. The molecule has 4 nitrogen and oxygen atoms in total. The predicted octanol–water partition coefficient (Wildman–Crippen LogP) is 4.05. The van der Waals surface area contributed by atoms with Crippen LogP contribution in [-0.4, -0.2) is 24.3 Å². The van der Waals surface area contributed by atoms with Gasteiger partial charge in [0.25, 0.3) is 0 Å². The van der Waals surface area contributed by atoms with Gasteiger partial charge in [-0.2, -0.15) is 0 Å². The molecule has 0 radical (unpaired) electrons. The Labute approximate surface area is 120 Å². The summed E-state index contributed by atoms with van der Waals surface area (Å²) < 4.78 is 11.3. The number of unbranched alkanes of at least 4 members (excludes halogenated alkanes) is 2. The number of benzene rings is 1. The summed E-state index contributed by atoms with van der Waals surface area (Å²) in [6.07, 6.45) is 3.97. The minimum absolute atomic E-state index is 0.202. The third-order valence-corrected chi connectivity index (χ3v) is 3.07. The highest BCUT2D eigenvalue weighted by molar-refractivity contribution is 5.89. The third kappa shape index (κ3) is 4.76. The van der Waals surface area contributed by atoms with Gasteiger partial charge in [0.1, 0.15) is 11.5 Å². The molecule has 0 saturated heterocycles. The summed E-state index contributed by atoms with van der Waals surface area (Å²) in [5.74, 6) is 0.236. The van der Waals surface area contributed by atoms with E-state index < -0.39 is 5.97 Å². The van der Waals surface area contributed by atoms with E-state index in [2.05, 4.69) is 13.8 Å². The Morgan fingerprint density at radius 1 is 1.05 bits per heavy atom. The molecule has 1 rings (SSSR count). The maximum absolute atomic E-state index is 11.2. The fourth-order valence-corrected chi connectivity index (χ4v) is 1.74. The van der Waals surface area contributed by atoms with Crippen molar-refractivity contribution in [3.63, 3.8) is 0 Å². The van der Waals surface area contributed by atoms with E-state index in [-0.39, 0.29) is 5.56 Å². The quantitative estimate of drug-likeness (QED) is 0.693. The number of carboxylic acid groups (broad SMARTS) is 1. The smallest absolute Gasteiger partial charge is 0.335 e. The van der Waals surface area contributed by atoms with Crippen molar-refractivity contribution in [3.8, 4) is 11.5 Å². The standard InChI is InChI=1S/C16H24O4/c1-4-6-8-19-14-10-13(16(17)18)11-15(12(14)3)20-9-7-5-2/h10-11H,4-9H2,1-3H3,(H,17,18). The van der Waals surface area contributed by atoms with E-state index in [0.29, 0.717) is 24.7 Å². The number of hydrogen-bond acceptors (Lipinski definition) is 3. The lowest BCUT2D eigenvalue weighted by molar-refractivity contribution is 0.0695. The van der Waals surface area contributed by atoms with E-state index in [1.807, 2.05) is 6.92 Å². The summed E-state index contributed by atoms with van der Waals surface area (Å²) in [6, 6.07) is 3.14. The van der Waals surface area contributed by atoms with Crippen LogP contribution in [0.15, 0.2) is 12.1 Å². The molecule has 0 atom stereocenters. The van der Waals surface area contributed by atoms with Gasteiger partial charge in [0.05, 0.1) is 18.8 Å². The lowest BCUT2D eigenvalue weighted by atomic mass is 10.1. The van der Waals surface area contributed by atoms with Crippen molar-refractivity contribution in [1.82, 2.24) is 0 Å². The summed E-state index contributed by atoms with van der Waals surface area (Å²) in [5, 5.41) is 9.16. The van der Waals surface area contributed by atoms with Gasteiger partial charge in [0, 0.05) is 5.56 Å². The third-order valence-electron chi connectivity index (χ3n) is 3.07. The van der Waals surface area contributed by atoms with E-state index in [0.717, 1.165) is 31.2 Å². The molecule has 1 aromatic carbocycles. The first-order valence-corrected chi connectivity index (χ1v) is 7.23. The van der Waals surface area contributed by atoms with E-state index in [9.17, 15) is 4.79 Å². The molecule has 0 unspecified atom stereocenters. The summed E-state index contributed by atoms with van der Waals surface area (Å²) in [7, 11) is 0. The number of carbonyl (C=O) groups is 1. The fraction of sp³-hybridized carbons (Fsp3) is 0.562. The summed E-state index contributed by atoms with van der Waals surface area (Å²) in [5.41, 5.74) is 1.07. The highest BCUT2D eigenvalue weighted by atomic mass is 16.5. The Balaban J connectivity index is 2.93. The zero-order valence-electron chi connectivity index (χ0n) is 12.6. The first-order valence-electron chi connectivity index (χ1n) is 7.23. The molecule has 0 heterocycles. The molecule has 0 bridgehead atoms. The lowest BCUT2D eigenvalue weighted by Crippen LogP contribution is -2.05. The van der Waals surface area contributed by atoms with Gasteiger partial charge in [0.15, 0.2) is 0 Å². The van der Waals surface area contributed by atoms with Gasteiger partial charge in [0.2, 0.25) is 0 Å². The number of ether oxygens (including phenoxy) is 2. The maximum Gasteiger partial charge on any atom is 0.335 e. The van der Waals surface area contributed by atoms with Crippen LogP contribution in [0, 0.1) is 6.92 Å². The highest BCUT2D eigenvalue weighted by Gasteiger charge is 2.13. The zero-order valence-corrected chi connectivity index (χ0v) is 12.6. The topological polar surface area (TPSA) is 55.8 Å². The molecule has 20 heavy (non-hydrogen) atoms. The molecule has 0 fully saturated rings. The molecule has 0 aliphatic heterocycles. The lowest BCUT2D eigenvalue weighted by Gasteiger charge is -2.15. The highest BCUT2D eigenvalue weighted by Crippen LogP contribution is 2.30. The van der Waals surface area contributed by atoms with Crippen LogP contribution in [0.5, 0.6) is 11.5 Å². The van der Waals surface area contributed by atoms with Crippen LogP contribution in [0.1, 0.15) is 55.5 Å². The maximum atomic E-state index is 11.2. The van der Waals surface area contributed by atoms with E-state index >= 15 is 0 Å². The molecule has 4 heteroatoms. The van der Waals surface area contributed by atoms with Crippen molar-refractivity contribution in [3.05, 3.63) is 23.3 Å². The molecular formula is C16H24O4. The fourth-order valence-electron chi connectivity index (χ4n) is 1.74. The Bertz CT molecular complexity index is 409. The Morgan fingerprint density at radius 2 is 1.50 bits per heavy atom. The molecule has 1 aromatic rings. The van der Waals surface area contributed by atoms with Crippen molar-refractivity contribution in [2.24, 2.45) is 0 Å². The average molecular weight is 280 g/mol. The largest absolute Gasteiger partial charge is 0.493 e. The summed E-state index contributed by atoms with van der Waals surface area (Å²) in [4.78, 5) is 11.2. The van der Waals surface area contributed by atoms with Crippen LogP contribution in [0.25, 0.3) is 0 Å². The molecule has 1 N–H and O–H groups in total. The molecule has 0 aliphatic carbocycles. The van der Waals surface area contributed by atoms with Crippen LogP contribution >= 0.6 is 0 Å². The first-order chi connectivity index (χ1) is 9.60. The van der Waals surface area contributed by atoms with Crippen molar-refractivity contribution < 1.29 is 19.4 Å². The van der Waals surface area contributed by atoms with E-state index in [4.69, 9.17) is 14.6 Å². The van der Waals surface area contributed by atoms with Crippen molar-refractivity contribution in [1.29, 1.82) is 0 Å². The number of aromatic carboxylic acids is 1. The molecular weight excluding hydrogens is 256 g/mol. The molecule has 0 saturated carbocycles. The minimum Gasteiger partial charge on any atom is -0.493 e. The monoisotopic (exact) mass is 280 g/mol. The van der Waals surface area contributed by atoms with E-state index in [1.165, 1.54) is 0 Å². The van der Waals surface area contributed by atoms with Crippen molar-refractivity contribution in [2.45, 2.75) is 46.5 Å². The van der Waals surface area contributed by atoms with Crippen LogP contribution in [-0.2, 0) is 0 Å². The number of rotatable bonds is 9. The SMILES string of the molecule is CCCCOc1cc(C(=O)O)cc(OCCCC)c1C. The first kappa shape index (κ1) is 16.3.